The number of pyridine rings is 1. The molecule has 0 amide bonds. The Kier molecular flexibility index (Phi) is 8.08. The van der Waals surface area contributed by atoms with Crippen LogP contribution in [0.5, 0.6) is 0 Å². The van der Waals surface area contributed by atoms with Gasteiger partial charge in [-0.3, -0.25) is 4.18 Å². The Balaban J connectivity index is 1.63. The van der Waals surface area contributed by atoms with E-state index in [4.69, 9.17) is 15.8 Å². The molecule has 0 saturated heterocycles. The van der Waals surface area contributed by atoms with Crippen molar-refractivity contribution >= 4 is 31.7 Å². The van der Waals surface area contributed by atoms with E-state index >= 15 is 0 Å². The summed E-state index contributed by atoms with van der Waals surface area (Å²) in [6, 6.07) is 15.6. The minimum Gasteiger partial charge on any atom is -0.380 e. The number of rotatable bonds is 9. The van der Waals surface area contributed by atoms with Gasteiger partial charge in [-0.2, -0.15) is 12.7 Å². The lowest BCUT2D eigenvalue weighted by Crippen LogP contribution is -2.46. The summed E-state index contributed by atoms with van der Waals surface area (Å²) in [6.07, 6.45) is 3.80. The molecule has 11 heteroatoms. The van der Waals surface area contributed by atoms with E-state index in [9.17, 15) is 21.9 Å². The van der Waals surface area contributed by atoms with Gasteiger partial charge in [0.1, 0.15) is 17.4 Å². The van der Waals surface area contributed by atoms with Crippen molar-refractivity contribution in [3.05, 3.63) is 88.2 Å². The molecular formula is C26H29ClN2O6S2. The number of sulfonamides is 1. The highest BCUT2D eigenvalue weighted by Gasteiger charge is 2.39. The van der Waals surface area contributed by atoms with Crippen molar-refractivity contribution in [1.82, 2.24) is 9.29 Å². The van der Waals surface area contributed by atoms with E-state index in [0.29, 0.717) is 0 Å². The van der Waals surface area contributed by atoms with E-state index in [1.54, 1.807) is 24.3 Å². The smallest absolute Gasteiger partial charge is 0.297 e. The first kappa shape index (κ1) is 27.7. The molecule has 0 fully saturated rings. The van der Waals surface area contributed by atoms with E-state index in [1.807, 2.05) is 13.0 Å². The molecule has 1 aliphatic rings. The van der Waals surface area contributed by atoms with Crippen LogP contribution >= 0.6 is 11.6 Å². The van der Waals surface area contributed by atoms with Crippen LogP contribution in [0.2, 0.25) is 5.15 Å². The molecule has 0 saturated carbocycles. The van der Waals surface area contributed by atoms with Gasteiger partial charge in [0.2, 0.25) is 10.0 Å². The van der Waals surface area contributed by atoms with Crippen LogP contribution in [-0.2, 0) is 42.8 Å². The van der Waals surface area contributed by atoms with Crippen LogP contribution in [0.1, 0.15) is 35.2 Å². The van der Waals surface area contributed by atoms with E-state index in [-0.39, 0.29) is 20.6 Å². The average Bonchev–Trinajstić information content (AvgIpc) is 2.87. The van der Waals surface area contributed by atoms with Crippen LogP contribution in [0.4, 0.5) is 0 Å². The molecule has 0 bridgehead atoms. The zero-order chi connectivity index (χ0) is 26.8. The van der Waals surface area contributed by atoms with Crippen LogP contribution in [0.15, 0.2) is 70.5 Å². The maximum atomic E-state index is 13.5. The number of halogens is 1. The van der Waals surface area contributed by atoms with E-state index in [1.165, 1.54) is 37.4 Å². The number of nitrogens with zero attached hydrogens (tertiary/aromatic N) is 2. The number of hydrogen-bond acceptors (Lipinski definition) is 7. The fraction of sp³-hybridized carbons (Fsp3) is 0.346. The quantitative estimate of drug-likeness (QED) is 0.310. The Morgan fingerprint density at radius 2 is 1.62 bits per heavy atom. The Bertz CT molecular complexity index is 1490. The zero-order valence-electron chi connectivity index (χ0n) is 20.6. The van der Waals surface area contributed by atoms with Crippen molar-refractivity contribution in [2.24, 2.45) is 0 Å². The summed E-state index contributed by atoms with van der Waals surface area (Å²) in [5.74, 6) is 0. The van der Waals surface area contributed by atoms with Gasteiger partial charge >= 0.3 is 0 Å². The number of likely N-dealkylation sites (N-methyl/N-ethyl adjacent to an activating group) is 1. The maximum absolute atomic E-state index is 13.5. The predicted molar refractivity (Wildman–Crippen MR) is 140 cm³/mol. The summed E-state index contributed by atoms with van der Waals surface area (Å²) < 4.78 is 58.8. The van der Waals surface area contributed by atoms with E-state index in [0.717, 1.165) is 46.7 Å². The first-order valence-electron chi connectivity index (χ1n) is 11.8. The van der Waals surface area contributed by atoms with Crippen molar-refractivity contribution in [3.63, 3.8) is 0 Å². The maximum Gasteiger partial charge on any atom is 0.297 e. The Labute approximate surface area is 223 Å². The van der Waals surface area contributed by atoms with Gasteiger partial charge in [-0.1, -0.05) is 41.4 Å². The van der Waals surface area contributed by atoms with Gasteiger partial charge < -0.3 is 5.11 Å². The monoisotopic (exact) mass is 564 g/mol. The molecule has 1 heterocycles. The second kappa shape index (κ2) is 10.8. The second-order valence-electron chi connectivity index (χ2n) is 9.31. The number of aliphatic hydroxyl groups is 1. The standard InChI is InChI=1S/C26H29ClN2O6S2/c1-19-10-13-22(14-11-19)37(33,34)35-18-26(30,24-8-5-9-25(27)28-24)17-29(2)36(31,32)23-15-12-20-6-3-4-7-21(20)16-23/h5,8-16,30H,3-4,6-7,17-18H2,1-2H3. The van der Waals surface area contributed by atoms with Gasteiger partial charge in [0.25, 0.3) is 10.1 Å². The number of aromatic nitrogens is 1. The van der Waals surface area contributed by atoms with Crippen LogP contribution in [-0.4, -0.2) is 51.4 Å². The third-order valence-electron chi connectivity index (χ3n) is 6.47. The van der Waals surface area contributed by atoms with Gasteiger partial charge in [0, 0.05) is 7.05 Å². The molecule has 4 rings (SSSR count). The second-order valence-corrected chi connectivity index (χ2v) is 13.4. The molecule has 3 aromatic rings. The summed E-state index contributed by atoms with van der Waals surface area (Å²) in [5.41, 5.74) is 0.861. The molecule has 8 nitrogen and oxygen atoms in total. The highest BCUT2D eigenvalue weighted by molar-refractivity contribution is 7.89. The third-order valence-corrected chi connectivity index (χ3v) is 9.75. The third kappa shape index (κ3) is 6.22. The fourth-order valence-corrected chi connectivity index (χ4v) is 6.71. The molecule has 198 valence electrons. The first-order valence-corrected chi connectivity index (χ1v) is 15.0. The first-order chi connectivity index (χ1) is 17.4. The Morgan fingerprint density at radius 3 is 2.30 bits per heavy atom. The lowest BCUT2D eigenvalue weighted by molar-refractivity contribution is -0.0216. The lowest BCUT2D eigenvalue weighted by atomic mass is 9.92. The largest absolute Gasteiger partial charge is 0.380 e. The van der Waals surface area contributed by atoms with E-state index in [2.05, 4.69) is 4.98 Å². The van der Waals surface area contributed by atoms with Crippen molar-refractivity contribution < 1.29 is 26.1 Å². The summed E-state index contributed by atoms with van der Waals surface area (Å²) >= 11 is 6.03. The summed E-state index contributed by atoms with van der Waals surface area (Å²) in [7, 11) is -6.96. The molecule has 0 radical (unpaired) electrons. The van der Waals surface area contributed by atoms with Gasteiger partial charge in [0.15, 0.2) is 0 Å². The molecule has 1 unspecified atom stereocenters. The summed E-state index contributed by atoms with van der Waals surface area (Å²) in [4.78, 5) is 4.13. The van der Waals surface area contributed by atoms with Crippen molar-refractivity contribution in [3.8, 4) is 0 Å². The lowest BCUT2D eigenvalue weighted by Gasteiger charge is -2.31. The number of benzene rings is 2. The fourth-order valence-electron chi connectivity index (χ4n) is 4.32. The van der Waals surface area contributed by atoms with Gasteiger partial charge in [-0.25, -0.2) is 13.4 Å². The molecule has 2 aromatic carbocycles. The van der Waals surface area contributed by atoms with Crippen LogP contribution < -0.4 is 0 Å². The van der Waals surface area contributed by atoms with E-state index < -0.39 is 38.9 Å². The zero-order valence-corrected chi connectivity index (χ0v) is 23.0. The molecule has 1 aromatic heterocycles. The SMILES string of the molecule is Cc1ccc(S(=O)(=O)OCC(O)(CN(C)S(=O)(=O)c2ccc3c(c2)CCCC3)c2cccc(Cl)n2)cc1. The van der Waals surface area contributed by atoms with Crippen molar-refractivity contribution in [2.45, 2.75) is 48.0 Å². The highest BCUT2D eigenvalue weighted by Crippen LogP contribution is 2.29. The van der Waals surface area contributed by atoms with Crippen LogP contribution in [0, 0.1) is 6.92 Å². The molecular weight excluding hydrogens is 536 g/mol. The molecule has 0 aliphatic heterocycles. The average molecular weight is 565 g/mol. The molecule has 1 atom stereocenters. The minimum absolute atomic E-state index is 0.0217. The summed E-state index contributed by atoms with van der Waals surface area (Å²) in [6.45, 7) is 0.517. The topological polar surface area (TPSA) is 114 Å². The predicted octanol–water partition coefficient (Wildman–Crippen LogP) is 3.84. The Hall–Kier alpha value is -2.34. The Morgan fingerprint density at radius 1 is 0.973 bits per heavy atom. The van der Waals surface area contributed by atoms with Crippen LogP contribution in [0.3, 0.4) is 0 Å². The normalized spacial score (nSPS) is 15.8. The highest BCUT2D eigenvalue weighted by atomic mass is 35.5. The molecule has 0 spiro atoms. The number of fused-ring (bicyclic) bond motifs is 1. The summed E-state index contributed by atoms with van der Waals surface area (Å²) in [5, 5.41) is 11.7. The van der Waals surface area contributed by atoms with Crippen molar-refractivity contribution in [1.29, 1.82) is 0 Å². The van der Waals surface area contributed by atoms with Crippen LogP contribution in [0.25, 0.3) is 0 Å². The molecule has 1 N–H and O–H groups in total. The number of hydrogen-bond donors (Lipinski definition) is 1. The molecule has 37 heavy (non-hydrogen) atoms. The van der Waals surface area contributed by atoms with Gasteiger partial charge in [-0.15, -0.1) is 0 Å². The van der Waals surface area contributed by atoms with Gasteiger partial charge in [0.05, 0.1) is 22.0 Å². The molecule has 1 aliphatic carbocycles. The van der Waals surface area contributed by atoms with Crippen molar-refractivity contribution in [2.75, 3.05) is 20.2 Å². The minimum atomic E-state index is -4.25. The number of aryl methyl sites for hydroxylation is 3. The van der Waals surface area contributed by atoms with Gasteiger partial charge in [-0.05, 0) is 80.1 Å².